The second-order valence-electron chi connectivity index (χ2n) is 6.74. The monoisotopic (exact) mass is 447 g/mol. The van der Waals surface area contributed by atoms with E-state index >= 15 is 0 Å². The minimum absolute atomic E-state index is 0.197. The molecule has 0 unspecified atom stereocenters. The largest absolute Gasteiger partial charge is 0.459 e. The maximum atomic E-state index is 12.6. The van der Waals surface area contributed by atoms with E-state index in [1.54, 1.807) is 6.08 Å². The van der Waals surface area contributed by atoms with E-state index in [2.05, 4.69) is 21.2 Å². The van der Waals surface area contributed by atoms with Crippen LogP contribution < -0.4 is 5.32 Å². The summed E-state index contributed by atoms with van der Waals surface area (Å²) in [5, 5.41) is 3.48. The van der Waals surface area contributed by atoms with Gasteiger partial charge in [0.2, 0.25) is 5.91 Å². The lowest BCUT2D eigenvalue weighted by Gasteiger charge is -2.14. The highest BCUT2D eigenvalue weighted by Gasteiger charge is 2.27. The number of nitrogens with one attached hydrogen (secondary N) is 1. The van der Waals surface area contributed by atoms with Crippen LogP contribution in [0.25, 0.3) is 6.08 Å². The zero-order valence-corrected chi connectivity index (χ0v) is 17.8. The molecule has 2 aromatic rings. The molecule has 1 heterocycles. The van der Waals surface area contributed by atoms with Crippen molar-refractivity contribution in [3.05, 3.63) is 56.4 Å². The van der Waals surface area contributed by atoms with Gasteiger partial charge in [-0.05, 0) is 68.9 Å². The van der Waals surface area contributed by atoms with Gasteiger partial charge in [-0.15, -0.1) is 11.3 Å². The van der Waals surface area contributed by atoms with Crippen molar-refractivity contribution in [2.45, 2.75) is 45.6 Å². The fraction of sp³-hybridized carbons (Fsp3) is 0.333. The van der Waals surface area contributed by atoms with Crippen LogP contribution >= 0.6 is 27.3 Å². The molecule has 0 atom stereocenters. The van der Waals surface area contributed by atoms with Crippen LogP contribution in [0.4, 0.5) is 5.00 Å². The van der Waals surface area contributed by atoms with Gasteiger partial charge in [0.25, 0.3) is 0 Å². The maximum Gasteiger partial charge on any atom is 0.341 e. The molecule has 1 aromatic heterocycles. The van der Waals surface area contributed by atoms with Crippen molar-refractivity contribution >= 4 is 50.2 Å². The van der Waals surface area contributed by atoms with E-state index in [1.807, 2.05) is 38.1 Å². The number of hydrogen-bond donors (Lipinski definition) is 1. The first kappa shape index (κ1) is 19.8. The van der Waals surface area contributed by atoms with Gasteiger partial charge in [-0.2, -0.15) is 0 Å². The molecule has 27 heavy (non-hydrogen) atoms. The normalized spacial score (nSPS) is 13.6. The lowest BCUT2D eigenvalue weighted by atomic mass is 9.95. The molecule has 3 rings (SSSR count). The molecule has 0 aliphatic heterocycles. The van der Waals surface area contributed by atoms with E-state index < -0.39 is 0 Å². The Bertz CT molecular complexity index is 868. The summed E-state index contributed by atoms with van der Waals surface area (Å²) in [6.07, 6.45) is 7.02. The molecule has 1 N–H and O–H groups in total. The SMILES string of the molecule is CC(C)OC(=O)c1c(NC(=O)/C=C/c2ccc(Br)cc2)sc2c1CCCC2. The Morgan fingerprint density at radius 2 is 1.89 bits per heavy atom. The highest BCUT2D eigenvalue weighted by molar-refractivity contribution is 9.10. The number of hydrogen-bond acceptors (Lipinski definition) is 4. The molecule has 0 spiro atoms. The van der Waals surface area contributed by atoms with Crippen molar-refractivity contribution in [2.24, 2.45) is 0 Å². The van der Waals surface area contributed by atoms with Gasteiger partial charge in [-0.1, -0.05) is 28.1 Å². The third-order valence-corrected chi connectivity index (χ3v) is 5.99. The van der Waals surface area contributed by atoms with E-state index in [4.69, 9.17) is 4.74 Å². The maximum absolute atomic E-state index is 12.6. The molecule has 1 aliphatic rings. The van der Waals surface area contributed by atoms with Crippen LogP contribution in [0.2, 0.25) is 0 Å². The molecule has 1 aliphatic carbocycles. The van der Waals surface area contributed by atoms with Crippen LogP contribution in [-0.2, 0) is 22.4 Å². The van der Waals surface area contributed by atoms with Crippen molar-refractivity contribution in [2.75, 3.05) is 5.32 Å². The molecule has 0 saturated carbocycles. The molecule has 0 fully saturated rings. The molecular weight excluding hydrogens is 426 g/mol. The highest BCUT2D eigenvalue weighted by atomic mass is 79.9. The van der Waals surface area contributed by atoms with Gasteiger partial charge in [-0.25, -0.2) is 4.79 Å². The summed E-state index contributed by atoms with van der Waals surface area (Å²) in [7, 11) is 0. The van der Waals surface area contributed by atoms with Crippen molar-refractivity contribution in [1.82, 2.24) is 0 Å². The fourth-order valence-electron chi connectivity index (χ4n) is 3.04. The summed E-state index contributed by atoms with van der Waals surface area (Å²) in [6, 6.07) is 7.68. The van der Waals surface area contributed by atoms with E-state index in [9.17, 15) is 9.59 Å². The molecular formula is C21H22BrNO3S. The molecule has 1 amide bonds. The number of halogens is 1. The number of rotatable bonds is 5. The van der Waals surface area contributed by atoms with Gasteiger partial charge in [0.1, 0.15) is 5.00 Å². The standard InChI is InChI=1S/C21H22BrNO3S/c1-13(2)26-21(25)19-16-5-3-4-6-17(16)27-20(19)23-18(24)12-9-14-7-10-15(22)11-8-14/h7-13H,3-6H2,1-2H3,(H,23,24)/b12-9+. The van der Waals surface area contributed by atoms with Crippen LogP contribution in [0, 0.1) is 0 Å². The van der Waals surface area contributed by atoms with E-state index in [0.717, 1.165) is 41.3 Å². The van der Waals surface area contributed by atoms with Crippen LogP contribution in [0.15, 0.2) is 34.8 Å². The Hall–Kier alpha value is -1.92. The molecule has 0 saturated heterocycles. The Balaban J connectivity index is 1.80. The lowest BCUT2D eigenvalue weighted by molar-refractivity contribution is -0.111. The summed E-state index contributed by atoms with van der Waals surface area (Å²) < 4.78 is 6.40. The van der Waals surface area contributed by atoms with Gasteiger partial charge in [-0.3, -0.25) is 4.79 Å². The number of thiophene rings is 1. The Morgan fingerprint density at radius 3 is 2.59 bits per heavy atom. The number of amides is 1. The van der Waals surface area contributed by atoms with Crippen molar-refractivity contribution < 1.29 is 14.3 Å². The second kappa shape index (κ2) is 8.85. The Morgan fingerprint density at radius 1 is 1.19 bits per heavy atom. The molecule has 4 nitrogen and oxygen atoms in total. The van der Waals surface area contributed by atoms with Crippen LogP contribution in [-0.4, -0.2) is 18.0 Å². The van der Waals surface area contributed by atoms with Crippen molar-refractivity contribution in [1.29, 1.82) is 0 Å². The number of aryl methyl sites for hydroxylation is 1. The first-order valence-electron chi connectivity index (χ1n) is 9.04. The summed E-state index contributed by atoms with van der Waals surface area (Å²) >= 11 is 4.89. The number of carbonyl (C=O) groups excluding carboxylic acids is 2. The number of carbonyl (C=O) groups is 2. The summed E-state index contributed by atoms with van der Waals surface area (Å²) in [5.41, 5.74) is 2.51. The molecule has 1 aromatic carbocycles. The van der Waals surface area contributed by atoms with Gasteiger partial charge >= 0.3 is 5.97 Å². The zero-order chi connectivity index (χ0) is 19.4. The van der Waals surface area contributed by atoms with E-state index in [0.29, 0.717) is 10.6 Å². The quantitative estimate of drug-likeness (QED) is 0.478. The van der Waals surface area contributed by atoms with Gasteiger partial charge in [0.05, 0.1) is 11.7 Å². The summed E-state index contributed by atoms with van der Waals surface area (Å²) in [5.74, 6) is -0.605. The third kappa shape index (κ3) is 5.08. The van der Waals surface area contributed by atoms with Crippen LogP contribution in [0.1, 0.15) is 53.1 Å². The van der Waals surface area contributed by atoms with Gasteiger partial charge in [0.15, 0.2) is 0 Å². The Kier molecular flexibility index (Phi) is 6.50. The average Bonchev–Trinajstić information content (AvgIpc) is 2.98. The predicted octanol–water partition coefficient (Wildman–Crippen LogP) is 5.61. The topological polar surface area (TPSA) is 55.4 Å². The van der Waals surface area contributed by atoms with Crippen LogP contribution in [0.5, 0.6) is 0 Å². The molecule has 0 radical (unpaired) electrons. The Labute approximate surface area is 171 Å². The smallest absolute Gasteiger partial charge is 0.341 e. The van der Waals surface area contributed by atoms with Crippen molar-refractivity contribution in [3.8, 4) is 0 Å². The molecule has 142 valence electrons. The minimum Gasteiger partial charge on any atom is -0.459 e. The third-order valence-electron chi connectivity index (χ3n) is 4.25. The minimum atomic E-state index is -0.350. The summed E-state index contributed by atoms with van der Waals surface area (Å²) in [4.78, 5) is 26.2. The lowest BCUT2D eigenvalue weighted by Crippen LogP contribution is -2.17. The zero-order valence-electron chi connectivity index (χ0n) is 15.4. The van der Waals surface area contributed by atoms with Gasteiger partial charge < -0.3 is 10.1 Å². The van der Waals surface area contributed by atoms with E-state index in [1.165, 1.54) is 22.3 Å². The first-order valence-corrected chi connectivity index (χ1v) is 10.6. The van der Waals surface area contributed by atoms with Crippen molar-refractivity contribution in [3.63, 3.8) is 0 Å². The van der Waals surface area contributed by atoms with Crippen LogP contribution in [0.3, 0.4) is 0 Å². The number of fused-ring (bicyclic) bond motifs is 1. The van der Waals surface area contributed by atoms with Gasteiger partial charge in [0, 0.05) is 15.4 Å². The summed E-state index contributed by atoms with van der Waals surface area (Å²) in [6.45, 7) is 3.66. The number of esters is 1. The molecule has 6 heteroatoms. The number of anilines is 1. The fourth-order valence-corrected chi connectivity index (χ4v) is 4.59. The second-order valence-corrected chi connectivity index (χ2v) is 8.76. The average molecular weight is 448 g/mol. The molecule has 0 bridgehead atoms. The number of benzene rings is 1. The predicted molar refractivity (Wildman–Crippen MR) is 113 cm³/mol. The first-order chi connectivity index (χ1) is 12.9. The number of ether oxygens (including phenoxy) is 1. The van der Waals surface area contributed by atoms with E-state index in [-0.39, 0.29) is 18.0 Å². The highest BCUT2D eigenvalue weighted by Crippen LogP contribution is 2.38.